The molecule has 4 heteroatoms. The Morgan fingerprint density at radius 3 is 2.83 bits per heavy atom. The summed E-state index contributed by atoms with van der Waals surface area (Å²) in [5, 5.41) is 0. The third-order valence-corrected chi connectivity index (χ3v) is 3.39. The minimum atomic E-state index is -0.253. The van der Waals surface area contributed by atoms with E-state index in [9.17, 15) is 4.39 Å². The van der Waals surface area contributed by atoms with E-state index in [1.165, 1.54) is 12.1 Å². The Labute approximate surface area is 112 Å². The number of rotatable bonds is 1. The third-order valence-electron chi connectivity index (χ3n) is 2.90. The van der Waals surface area contributed by atoms with E-state index < -0.39 is 0 Å². The van der Waals surface area contributed by atoms with Crippen LogP contribution < -0.4 is 0 Å². The van der Waals surface area contributed by atoms with Crippen molar-refractivity contribution in [1.29, 1.82) is 0 Å². The summed E-state index contributed by atoms with van der Waals surface area (Å²) in [6.07, 6.45) is 0. The molecule has 0 fully saturated rings. The fourth-order valence-electron chi connectivity index (χ4n) is 1.96. The number of aromatic nitrogens is 2. The summed E-state index contributed by atoms with van der Waals surface area (Å²) >= 11 is 3.42. The van der Waals surface area contributed by atoms with E-state index in [2.05, 4.69) is 25.9 Å². The summed E-state index contributed by atoms with van der Waals surface area (Å²) in [6.45, 7) is 1.94. The molecule has 0 unspecified atom stereocenters. The first-order chi connectivity index (χ1) is 8.63. The van der Waals surface area contributed by atoms with E-state index in [0.717, 1.165) is 26.6 Å². The molecule has 0 spiro atoms. The molecule has 1 heterocycles. The first kappa shape index (κ1) is 11.4. The van der Waals surface area contributed by atoms with Crippen LogP contribution in [0.3, 0.4) is 0 Å². The average Bonchev–Trinajstić information content (AvgIpc) is 2.74. The lowest BCUT2D eigenvalue weighted by molar-refractivity contribution is 0.628. The fraction of sp³-hybridized carbons (Fsp3) is 0.0714. The standard InChI is InChI=1S/C14H10BrFN2/c1-8-2-4-10(16)7-11(8)14-17-12-5-3-9(15)6-13(12)18-14/h2-7H,1H3,(H,17,18). The van der Waals surface area contributed by atoms with Gasteiger partial charge in [0.05, 0.1) is 11.0 Å². The quantitative estimate of drug-likeness (QED) is 0.707. The maximum absolute atomic E-state index is 13.3. The fourth-order valence-corrected chi connectivity index (χ4v) is 2.32. The molecule has 1 N–H and O–H groups in total. The summed E-state index contributed by atoms with van der Waals surface area (Å²) in [7, 11) is 0. The number of hydrogen-bond donors (Lipinski definition) is 1. The van der Waals surface area contributed by atoms with Gasteiger partial charge >= 0.3 is 0 Å². The van der Waals surface area contributed by atoms with Gasteiger partial charge in [-0.1, -0.05) is 22.0 Å². The van der Waals surface area contributed by atoms with E-state index in [-0.39, 0.29) is 5.82 Å². The number of aromatic amines is 1. The van der Waals surface area contributed by atoms with Gasteiger partial charge in [0, 0.05) is 10.0 Å². The predicted octanol–water partition coefficient (Wildman–Crippen LogP) is 4.44. The number of hydrogen-bond acceptors (Lipinski definition) is 1. The van der Waals surface area contributed by atoms with Gasteiger partial charge in [0.1, 0.15) is 11.6 Å². The molecule has 0 amide bonds. The number of nitrogens with one attached hydrogen (secondary N) is 1. The van der Waals surface area contributed by atoms with Crippen molar-refractivity contribution in [2.24, 2.45) is 0 Å². The second-order valence-corrected chi connectivity index (χ2v) is 5.12. The van der Waals surface area contributed by atoms with Gasteiger partial charge in [0.25, 0.3) is 0 Å². The molecule has 0 saturated heterocycles. The van der Waals surface area contributed by atoms with Crippen LogP contribution in [0.1, 0.15) is 5.56 Å². The predicted molar refractivity (Wildman–Crippen MR) is 73.9 cm³/mol. The van der Waals surface area contributed by atoms with Crippen molar-refractivity contribution in [3.8, 4) is 11.4 Å². The first-order valence-corrected chi connectivity index (χ1v) is 6.34. The Morgan fingerprint density at radius 2 is 2.00 bits per heavy atom. The largest absolute Gasteiger partial charge is 0.338 e. The Hall–Kier alpha value is -1.68. The minimum Gasteiger partial charge on any atom is -0.338 e. The molecule has 0 atom stereocenters. The highest BCUT2D eigenvalue weighted by atomic mass is 79.9. The SMILES string of the molecule is Cc1ccc(F)cc1-c1nc2ccc(Br)cc2[nH]1. The molecule has 0 aliphatic heterocycles. The summed E-state index contributed by atoms with van der Waals surface area (Å²) in [6, 6.07) is 10.5. The van der Waals surface area contributed by atoms with Crippen LogP contribution >= 0.6 is 15.9 Å². The van der Waals surface area contributed by atoms with Crippen LogP contribution in [0.2, 0.25) is 0 Å². The number of H-pyrrole nitrogens is 1. The lowest BCUT2D eigenvalue weighted by Crippen LogP contribution is -1.87. The summed E-state index contributed by atoms with van der Waals surface area (Å²) < 4.78 is 14.3. The number of fused-ring (bicyclic) bond motifs is 1. The van der Waals surface area contributed by atoms with Gasteiger partial charge in [-0.05, 0) is 42.8 Å². The van der Waals surface area contributed by atoms with Gasteiger partial charge in [0.2, 0.25) is 0 Å². The molecule has 2 aromatic carbocycles. The summed E-state index contributed by atoms with van der Waals surface area (Å²) in [5.41, 5.74) is 3.59. The van der Waals surface area contributed by atoms with Crippen molar-refractivity contribution in [3.63, 3.8) is 0 Å². The molecule has 0 aliphatic carbocycles. The molecule has 18 heavy (non-hydrogen) atoms. The molecule has 1 aromatic heterocycles. The average molecular weight is 305 g/mol. The highest BCUT2D eigenvalue weighted by Gasteiger charge is 2.09. The van der Waals surface area contributed by atoms with Crippen molar-refractivity contribution in [3.05, 3.63) is 52.3 Å². The maximum Gasteiger partial charge on any atom is 0.138 e. The smallest absolute Gasteiger partial charge is 0.138 e. The number of nitrogens with zero attached hydrogens (tertiary/aromatic N) is 1. The number of halogens is 2. The molecule has 3 aromatic rings. The highest BCUT2D eigenvalue weighted by molar-refractivity contribution is 9.10. The molecule has 0 radical (unpaired) electrons. The molecule has 0 aliphatic rings. The second-order valence-electron chi connectivity index (χ2n) is 4.21. The van der Waals surface area contributed by atoms with Crippen LogP contribution in [0.4, 0.5) is 4.39 Å². The van der Waals surface area contributed by atoms with Gasteiger partial charge in [-0.3, -0.25) is 0 Å². The molecule has 3 rings (SSSR count). The van der Waals surface area contributed by atoms with E-state index >= 15 is 0 Å². The van der Waals surface area contributed by atoms with Gasteiger partial charge in [-0.2, -0.15) is 0 Å². The lowest BCUT2D eigenvalue weighted by Gasteiger charge is -2.01. The Balaban J connectivity index is 2.22. The van der Waals surface area contributed by atoms with Crippen molar-refractivity contribution in [2.45, 2.75) is 6.92 Å². The van der Waals surface area contributed by atoms with Crippen molar-refractivity contribution >= 4 is 27.0 Å². The Morgan fingerprint density at radius 1 is 1.17 bits per heavy atom. The monoisotopic (exact) mass is 304 g/mol. The molecule has 2 nitrogen and oxygen atoms in total. The topological polar surface area (TPSA) is 28.7 Å². The van der Waals surface area contributed by atoms with E-state index in [4.69, 9.17) is 0 Å². The van der Waals surface area contributed by atoms with Crippen LogP contribution in [-0.4, -0.2) is 9.97 Å². The van der Waals surface area contributed by atoms with Gasteiger partial charge in [-0.25, -0.2) is 9.37 Å². The third kappa shape index (κ3) is 1.93. The van der Waals surface area contributed by atoms with E-state index in [0.29, 0.717) is 5.82 Å². The summed E-state index contributed by atoms with van der Waals surface area (Å²) in [4.78, 5) is 7.70. The summed E-state index contributed by atoms with van der Waals surface area (Å²) in [5.74, 6) is 0.442. The molecule has 90 valence electrons. The molecule has 0 bridgehead atoms. The minimum absolute atomic E-state index is 0.253. The number of benzene rings is 2. The zero-order chi connectivity index (χ0) is 12.7. The van der Waals surface area contributed by atoms with Crippen LogP contribution in [0.15, 0.2) is 40.9 Å². The highest BCUT2D eigenvalue weighted by Crippen LogP contribution is 2.25. The van der Waals surface area contributed by atoms with Crippen LogP contribution in [0, 0.1) is 12.7 Å². The second kappa shape index (κ2) is 4.21. The Bertz CT molecular complexity index is 734. The lowest BCUT2D eigenvalue weighted by atomic mass is 10.1. The van der Waals surface area contributed by atoms with Crippen LogP contribution in [-0.2, 0) is 0 Å². The van der Waals surface area contributed by atoms with E-state index in [1.807, 2.05) is 25.1 Å². The normalized spacial score (nSPS) is 11.1. The zero-order valence-electron chi connectivity index (χ0n) is 9.67. The van der Waals surface area contributed by atoms with Gasteiger partial charge in [0.15, 0.2) is 0 Å². The zero-order valence-corrected chi connectivity index (χ0v) is 11.3. The van der Waals surface area contributed by atoms with Crippen molar-refractivity contribution in [2.75, 3.05) is 0 Å². The van der Waals surface area contributed by atoms with Crippen LogP contribution in [0.25, 0.3) is 22.4 Å². The first-order valence-electron chi connectivity index (χ1n) is 5.55. The van der Waals surface area contributed by atoms with Gasteiger partial charge in [-0.15, -0.1) is 0 Å². The van der Waals surface area contributed by atoms with E-state index in [1.54, 1.807) is 6.07 Å². The van der Waals surface area contributed by atoms with Gasteiger partial charge < -0.3 is 4.98 Å². The maximum atomic E-state index is 13.3. The number of aryl methyl sites for hydroxylation is 1. The number of imidazole rings is 1. The molecular formula is C14H10BrFN2. The van der Waals surface area contributed by atoms with Crippen LogP contribution in [0.5, 0.6) is 0 Å². The molecule has 0 saturated carbocycles. The molecular weight excluding hydrogens is 295 g/mol. The van der Waals surface area contributed by atoms with Crippen molar-refractivity contribution in [1.82, 2.24) is 9.97 Å². The van der Waals surface area contributed by atoms with Crippen molar-refractivity contribution < 1.29 is 4.39 Å². The Kier molecular flexibility index (Phi) is 2.67.